The summed E-state index contributed by atoms with van der Waals surface area (Å²) in [6.45, 7) is 3.17. The molecule has 6 unspecified atom stereocenters. The first-order chi connectivity index (χ1) is 22.8. The van der Waals surface area contributed by atoms with E-state index in [1.54, 1.807) is 0 Å². The molecule has 270 valence electrons. The van der Waals surface area contributed by atoms with Crippen LogP contribution in [-0.2, 0) is 28.5 Å². The summed E-state index contributed by atoms with van der Waals surface area (Å²) >= 11 is 0. The minimum atomic E-state index is -1.60. The average Bonchev–Trinajstić information content (AvgIpc) is 3.06. The van der Waals surface area contributed by atoms with Gasteiger partial charge in [-0.15, -0.1) is 0 Å². The normalized spacial score (nSPS) is 22.6. The summed E-state index contributed by atoms with van der Waals surface area (Å²) in [4.78, 5) is 25.0. The first kappa shape index (κ1) is 42.7. The molecule has 0 aliphatic carbocycles. The van der Waals surface area contributed by atoms with Gasteiger partial charge < -0.3 is 39.4 Å². The van der Waals surface area contributed by atoms with E-state index in [9.17, 15) is 30.0 Å². The molecule has 1 heterocycles. The number of rotatable bonds is 27. The van der Waals surface area contributed by atoms with Crippen molar-refractivity contribution in [3.8, 4) is 0 Å². The van der Waals surface area contributed by atoms with Gasteiger partial charge in [0.15, 0.2) is 12.4 Å². The van der Waals surface area contributed by atoms with Crippen LogP contribution in [0.3, 0.4) is 0 Å². The highest BCUT2D eigenvalue weighted by atomic mass is 16.7. The molecule has 1 fully saturated rings. The van der Waals surface area contributed by atoms with E-state index in [1.807, 2.05) is 12.2 Å². The van der Waals surface area contributed by atoms with Crippen LogP contribution >= 0.6 is 0 Å². The summed E-state index contributed by atoms with van der Waals surface area (Å²) in [5.74, 6) is -0.911. The van der Waals surface area contributed by atoms with E-state index in [4.69, 9.17) is 18.9 Å². The molecule has 10 heteroatoms. The summed E-state index contributed by atoms with van der Waals surface area (Å²) in [6.07, 6.45) is 23.0. The maximum absolute atomic E-state index is 12.6. The maximum Gasteiger partial charge on any atom is 0.306 e. The summed E-state index contributed by atoms with van der Waals surface area (Å²) in [5.41, 5.74) is 0. The van der Waals surface area contributed by atoms with Crippen molar-refractivity contribution in [2.24, 2.45) is 0 Å². The molecule has 0 amide bonds. The zero-order valence-electron chi connectivity index (χ0n) is 28.8. The Morgan fingerprint density at radius 3 is 1.85 bits per heavy atom. The molecule has 0 radical (unpaired) electrons. The predicted molar refractivity (Wildman–Crippen MR) is 182 cm³/mol. The Morgan fingerprint density at radius 2 is 1.26 bits per heavy atom. The zero-order valence-corrected chi connectivity index (χ0v) is 28.8. The number of unbranched alkanes of at least 4 members (excludes halogenated alkanes) is 8. The van der Waals surface area contributed by atoms with Gasteiger partial charge in [-0.2, -0.15) is 0 Å². The van der Waals surface area contributed by atoms with Gasteiger partial charge in [0.2, 0.25) is 0 Å². The van der Waals surface area contributed by atoms with E-state index in [-0.39, 0.29) is 26.1 Å². The average molecular weight is 667 g/mol. The SMILES string of the molecule is CC/C=C\C/C=C\C/C=C\C/C=C\CCC(=O)OC(COC(=O)CCCCCCCCCCC)COC1OC(CO)C(O)C(O)C1O. The Kier molecular flexibility index (Phi) is 26.0. The number of aliphatic hydroxyl groups is 4. The number of carbonyl (C=O) groups is 2. The van der Waals surface area contributed by atoms with Crippen LogP contribution in [0.1, 0.15) is 117 Å². The highest BCUT2D eigenvalue weighted by Gasteiger charge is 2.44. The molecular formula is C37H62O10. The molecular weight excluding hydrogens is 604 g/mol. The van der Waals surface area contributed by atoms with Gasteiger partial charge in [0, 0.05) is 12.8 Å². The number of allylic oxidation sites excluding steroid dienone is 8. The molecule has 0 bridgehead atoms. The van der Waals surface area contributed by atoms with Gasteiger partial charge in [-0.05, 0) is 38.5 Å². The fourth-order valence-corrected chi connectivity index (χ4v) is 4.91. The second-order valence-electron chi connectivity index (χ2n) is 11.9. The third-order valence-electron chi connectivity index (χ3n) is 7.74. The molecule has 0 saturated carbocycles. The quantitative estimate of drug-likeness (QED) is 0.0484. The van der Waals surface area contributed by atoms with Crippen LogP contribution in [-0.4, -0.2) is 89.0 Å². The number of hydrogen-bond donors (Lipinski definition) is 4. The smallest absolute Gasteiger partial charge is 0.306 e. The third-order valence-corrected chi connectivity index (χ3v) is 7.74. The minimum Gasteiger partial charge on any atom is -0.462 e. The standard InChI is InChI=1S/C37H62O10/c1-3-5-7-9-11-13-14-15-16-18-20-22-24-26-33(40)46-30(29-45-37-36(43)35(42)34(41)31(27-38)47-37)28-44-32(39)25-23-21-19-17-12-10-8-6-4-2/h5,7,11,13,15-16,20,22,30-31,34-38,41-43H,3-4,6,8-10,12,14,17-19,21,23-29H2,1-2H3/b7-5-,13-11-,16-15-,22-20-. The third kappa shape index (κ3) is 21.3. The van der Waals surface area contributed by atoms with Crippen LogP contribution in [0.5, 0.6) is 0 Å². The number of aliphatic hydroxyl groups excluding tert-OH is 4. The molecule has 1 aliphatic heterocycles. The second kappa shape index (κ2) is 28.7. The monoisotopic (exact) mass is 666 g/mol. The van der Waals surface area contributed by atoms with E-state index in [1.165, 1.54) is 32.1 Å². The first-order valence-corrected chi connectivity index (χ1v) is 17.7. The Bertz CT molecular complexity index is 913. The predicted octanol–water partition coefficient (Wildman–Crippen LogP) is 5.76. The molecule has 1 saturated heterocycles. The van der Waals surface area contributed by atoms with Crippen molar-refractivity contribution in [2.75, 3.05) is 19.8 Å². The number of esters is 2. The summed E-state index contributed by atoms with van der Waals surface area (Å²) in [5, 5.41) is 39.8. The lowest BCUT2D eigenvalue weighted by atomic mass is 9.99. The van der Waals surface area contributed by atoms with Gasteiger partial charge in [0.25, 0.3) is 0 Å². The van der Waals surface area contributed by atoms with Gasteiger partial charge in [0.05, 0.1) is 13.2 Å². The maximum atomic E-state index is 12.6. The molecule has 0 spiro atoms. The lowest BCUT2D eigenvalue weighted by Gasteiger charge is -2.39. The van der Waals surface area contributed by atoms with Gasteiger partial charge in [0.1, 0.15) is 31.0 Å². The van der Waals surface area contributed by atoms with Gasteiger partial charge >= 0.3 is 11.9 Å². The highest BCUT2D eigenvalue weighted by molar-refractivity contribution is 5.70. The van der Waals surface area contributed by atoms with Crippen molar-refractivity contribution in [3.63, 3.8) is 0 Å². The number of carbonyl (C=O) groups excluding carboxylic acids is 2. The second-order valence-corrected chi connectivity index (χ2v) is 11.9. The fourth-order valence-electron chi connectivity index (χ4n) is 4.91. The van der Waals surface area contributed by atoms with Crippen molar-refractivity contribution in [3.05, 3.63) is 48.6 Å². The largest absolute Gasteiger partial charge is 0.462 e. The Hall–Kier alpha value is -2.34. The van der Waals surface area contributed by atoms with E-state index < -0.39 is 55.4 Å². The minimum absolute atomic E-state index is 0.108. The molecule has 1 aliphatic rings. The van der Waals surface area contributed by atoms with Crippen molar-refractivity contribution >= 4 is 11.9 Å². The zero-order chi connectivity index (χ0) is 34.5. The van der Waals surface area contributed by atoms with Crippen molar-refractivity contribution in [1.29, 1.82) is 0 Å². The molecule has 6 atom stereocenters. The van der Waals surface area contributed by atoms with Gasteiger partial charge in [-0.25, -0.2) is 0 Å². The van der Waals surface area contributed by atoms with Crippen molar-refractivity contribution in [2.45, 2.75) is 153 Å². The van der Waals surface area contributed by atoms with E-state index in [0.717, 1.165) is 44.9 Å². The van der Waals surface area contributed by atoms with Crippen LogP contribution in [0.2, 0.25) is 0 Å². The van der Waals surface area contributed by atoms with Gasteiger partial charge in [-0.1, -0.05) is 114 Å². The molecule has 47 heavy (non-hydrogen) atoms. The van der Waals surface area contributed by atoms with Crippen LogP contribution < -0.4 is 0 Å². The summed E-state index contributed by atoms with van der Waals surface area (Å²) in [7, 11) is 0. The lowest BCUT2D eigenvalue weighted by molar-refractivity contribution is -0.305. The van der Waals surface area contributed by atoms with Crippen LogP contribution in [0.4, 0.5) is 0 Å². The topological polar surface area (TPSA) is 152 Å². The lowest BCUT2D eigenvalue weighted by Crippen LogP contribution is -2.59. The van der Waals surface area contributed by atoms with Crippen LogP contribution in [0.25, 0.3) is 0 Å². The van der Waals surface area contributed by atoms with Crippen LogP contribution in [0.15, 0.2) is 48.6 Å². The molecule has 0 aromatic carbocycles. The first-order valence-electron chi connectivity index (χ1n) is 17.7. The Balaban J connectivity index is 2.51. The molecule has 0 aromatic rings. The summed E-state index contributed by atoms with van der Waals surface area (Å²) < 4.78 is 21.9. The van der Waals surface area contributed by atoms with Gasteiger partial charge in [-0.3, -0.25) is 9.59 Å². The molecule has 10 nitrogen and oxygen atoms in total. The van der Waals surface area contributed by atoms with E-state index in [2.05, 4.69) is 50.3 Å². The molecule has 1 rings (SSSR count). The Labute approximate surface area is 282 Å². The number of ether oxygens (including phenoxy) is 4. The van der Waals surface area contributed by atoms with Crippen LogP contribution in [0, 0.1) is 0 Å². The number of hydrogen-bond acceptors (Lipinski definition) is 10. The highest BCUT2D eigenvalue weighted by Crippen LogP contribution is 2.22. The van der Waals surface area contributed by atoms with Crippen molar-refractivity contribution in [1.82, 2.24) is 0 Å². The Morgan fingerprint density at radius 1 is 0.681 bits per heavy atom. The summed E-state index contributed by atoms with van der Waals surface area (Å²) in [6, 6.07) is 0. The fraction of sp³-hybridized carbons (Fsp3) is 0.730. The van der Waals surface area contributed by atoms with E-state index in [0.29, 0.717) is 12.8 Å². The van der Waals surface area contributed by atoms with E-state index >= 15 is 0 Å². The molecule has 0 aromatic heterocycles. The van der Waals surface area contributed by atoms with Crippen molar-refractivity contribution < 1.29 is 49.0 Å². The molecule has 4 N–H and O–H groups in total.